The Kier molecular flexibility index (Phi) is 4.74. The molecule has 3 aromatic heterocycles. The maximum atomic E-state index is 6.33. The summed E-state index contributed by atoms with van der Waals surface area (Å²) in [6.45, 7) is 0. The molecule has 5 nitrogen and oxygen atoms in total. The largest absolute Gasteiger partial charge is 0.256 e. The maximum absolute atomic E-state index is 6.33. The lowest BCUT2D eigenvalue weighted by Gasteiger charge is -2.09. The number of pyridine rings is 2. The first-order chi connectivity index (χ1) is 16.3. The van der Waals surface area contributed by atoms with Crippen LogP contribution in [0.4, 0.5) is 0 Å². The Bertz CT molecular complexity index is 1640. The standard InChI is InChI=1S/C27H16ClN5/c28-27-32-25(22-13-15-29-23-11-4-3-9-21(22)23)31-26(33-27)24-16-18(12-14-30-24)20-10-5-7-17-6-1-2-8-19(17)20/h1-16H. The van der Waals surface area contributed by atoms with Crippen LogP contribution in [0.3, 0.4) is 0 Å². The Morgan fingerprint density at radius 3 is 2.27 bits per heavy atom. The molecule has 0 radical (unpaired) electrons. The van der Waals surface area contributed by atoms with Crippen molar-refractivity contribution in [3.63, 3.8) is 0 Å². The molecule has 0 saturated heterocycles. The molecule has 0 N–H and O–H groups in total. The Morgan fingerprint density at radius 1 is 0.576 bits per heavy atom. The fourth-order valence-electron chi connectivity index (χ4n) is 4.07. The second-order valence-corrected chi connectivity index (χ2v) is 7.92. The highest BCUT2D eigenvalue weighted by molar-refractivity contribution is 6.28. The summed E-state index contributed by atoms with van der Waals surface area (Å²) in [6.07, 6.45) is 3.51. The summed E-state index contributed by atoms with van der Waals surface area (Å²) in [5.41, 5.74) is 4.49. The van der Waals surface area contributed by atoms with Crippen LogP contribution in [0.2, 0.25) is 5.28 Å². The summed E-state index contributed by atoms with van der Waals surface area (Å²) in [5.74, 6) is 0.911. The molecule has 6 heteroatoms. The van der Waals surface area contributed by atoms with Crippen LogP contribution in [-0.2, 0) is 0 Å². The fraction of sp³-hybridized carbons (Fsp3) is 0. The summed E-state index contributed by atoms with van der Waals surface area (Å²) in [4.78, 5) is 22.4. The molecule has 0 aliphatic heterocycles. The van der Waals surface area contributed by atoms with E-state index in [1.807, 2.05) is 54.6 Å². The van der Waals surface area contributed by atoms with Crippen LogP contribution >= 0.6 is 11.6 Å². The van der Waals surface area contributed by atoms with Gasteiger partial charge in [-0.1, -0.05) is 60.7 Å². The Morgan fingerprint density at radius 2 is 1.33 bits per heavy atom. The van der Waals surface area contributed by atoms with Gasteiger partial charge in [0.05, 0.1) is 5.52 Å². The smallest absolute Gasteiger partial charge is 0.226 e. The predicted molar refractivity (Wildman–Crippen MR) is 132 cm³/mol. The van der Waals surface area contributed by atoms with E-state index in [0.717, 1.165) is 27.6 Å². The van der Waals surface area contributed by atoms with Crippen LogP contribution in [0.1, 0.15) is 0 Å². The first-order valence-electron chi connectivity index (χ1n) is 10.5. The average Bonchev–Trinajstić information content (AvgIpc) is 2.88. The quantitative estimate of drug-likeness (QED) is 0.306. The molecular weight excluding hydrogens is 430 g/mol. The lowest BCUT2D eigenvalue weighted by molar-refractivity contribution is 1.05. The third-order valence-electron chi connectivity index (χ3n) is 5.59. The second kappa shape index (κ2) is 8.04. The van der Waals surface area contributed by atoms with Gasteiger partial charge in [-0.15, -0.1) is 0 Å². The van der Waals surface area contributed by atoms with E-state index in [2.05, 4.69) is 50.3 Å². The normalized spacial score (nSPS) is 11.2. The lowest BCUT2D eigenvalue weighted by atomic mass is 9.98. The summed E-state index contributed by atoms with van der Waals surface area (Å²) in [6, 6.07) is 28.3. The van der Waals surface area contributed by atoms with Gasteiger partial charge in [-0.05, 0) is 57.8 Å². The van der Waals surface area contributed by atoms with E-state index in [4.69, 9.17) is 16.6 Å². The number of hydrogen-bond donors (Lipinski definition) is 0. The topological polar surface area (TPSA) is 64.5 Å². The third-order valence-corrected chi connectivity index (χ3v) is 5.76. The summed E-state index contributed by atoms with van der Waals surface area (Å²) in [5, 5.41) is 3.43. The number of rotatable bonds is 3. The van der Waals surface area contributed by atoms with Crippen LogP contribution in [0.5, 0.6) is 0 Å². The van der Waals surface area contributed by atoms with E-state index in [0.29, 0.717) is 17.3 Å². The van der Waals surface area contributed by atoms with Crippen LogP contribution in [0.15, 0.2) is 97.3 Å². The SMILES string of the molecule is Clc1nc(-c2cc(-c3cccc4ccccc34)ccn2)nc(-c2ccnc3ccccc23)n1. The zero-order valence-electron chi connectivity index (χ0n) is 17.4. The molecule has 0 bridgehead atoms. The van der Waals surface area contributed by atoms with Crippen molar-refractivity contribution in [2.75, 3.05) is 0 Å². The lowest BCUT2D eigenvalue weighted by Crippen LogP contribution is -1.99. The van der Waals surface area contributed by atoms with E-state index in [1.165, 1.54) is 10.8 Å². The van der Waals surface area contributed by atoms with Gasteiger partial charge in [0.25, 0.3) is 0 Å². The molecule has 0 unspecified atom stereocenters. The first-order valence-corrected chi connectivity index (χ1v) is 10.8. The Hall–Kier alpha value is -4.22. The molecule has 6 aromatic rings. The van der Waals surface area contributed by atoms with Crippen molar-refractivity contribution < 1.29 is 0 Å². The number of benzene rings is 3. The molecule has 3 aromatic carbocycles. The molecule has 0 amide bonds. The van der Waals surface area contributed by atoms with E-state index >= 15 is 0 Å². The van der Waals surface area contributed by atoms with Gasteiger partial charge in [-0.3, -0.25) is 9.97 Å². The van der Waals surface area contributed by atoms with Crippen molar-refractivity contribution in [3.8, 4) is 34.0 Å². The summed E-state index contributed by atoms with van der Waals surface area (Å²) >= 11 is 6.33. The number of para-hydroxylation sites is 1. The number of halogens is 1. The molecule has 6 rings (SSSR count). The van der Waals surface area contributed by atoms with Crippen molar-refractivity contribution >= 4 is 33.3 Å². The Labute approximate surface area is 194 Å². The molecule has 0 aliphatic rings. The van der Waals surface area contributed by atoms with E-state index < -0.39 is 0 Å². The van der Waals surface area contributed by atoms with Crippen molar-refractivity contribution in [1.29, 1.82) is 0 Å². The number of hydrogen-bond acceptors (Lipinski definition) is 5. The van der Waals surface area contributed by atoms with Crippen molar-refractivity contribution in [3.05, 3.63) is 103 Å². The minimum atomic E-state index is 0.119. The van der Waals surface area contributed by atoms with Gasteiger partial charge in [0.2, 0.25) is 5.28 Å². The van der Waals surface area contributed by atoms with Gasteiger partial charge >= 0.3 is 0 Å². The number of nitrogens with zero attached hydrogens (tertiary/aromatic N) is 5. The van der Waals surface area contributed by atoms with Crippen LogP contribution in [-0.4, -0.2) is 24.9 Å². The average molecular weight is 446 g/mol. The molecule has 0 atom stereocenters. The van der Waals surface area contributed by atoms with Crippen molar-refractivity contribution in [1.82, 2.24) is 24.9 Å². The van der Waals surface area contributed by atoms with E-state index in [9.17, 15) is 0 Å². The Balaban J connectivity index is 1.49. The zero-order valence-corrected chi connectivity index (χ0v) is 18.1. The predicted octanol–water partition coefficient (Wildman–Crippen LogP) is 6.62. The van der Waals surface area contributed by atoms with Crippen LogP contribution < -0.4 is 0 Å². The molecule has 0 aliphatic carbocycles. The summed E-state index contributed by atoms with van der Waals surface area (Å²) < 4.78 is 0. The van der Waals surface area contributed by atoms with Crippen molar-refractivity contribution in [2.24, 2.45) is 0 Å². The van der Waals surface area contributed by atoms with Gasteiger partial charge in [0.15, 0.2) is 11.6 Å². The van der Waals surface area contributed by atoms with Crippen LogP contribution in [0.25, 0.3) is 55.7 Å². The molecule has 33 heavy (non-hydrogen) atoms. The monoisotopic (exact) mass is 445 g/mol. The van der Waals surface area contributed by atoms with Gasteiger partial charge in [0.1, 0.15) is 5.69 Å². The fourth-order valence-corrected chi connectivity index (χ4v) is 4.23. The molecule has 156 valence electrons. The van der Waals surface area contributed by atoms with Gasteiger partial charge < -0.3 is 0 Å². The zero-order chi connectivity index (χ0) is 22.2. The summed E-state index contributed by atoms with van der Waals surface area (Å²) in [7, 11) is 0. The minimum Gasteiger partial charge on any atom is -0.256 e. The van der Waals surface area contributed by atoms with Gasteiger partial charge in [0, 0.05) is 23.3 Å². The maximum Gasteiger partial charge on any atom is 0.226 e. The molecule has 0 saturated carbocycles. The molecule has 0 spiro atoms. The van der Waals surface area contributed by atoms with E-state index in [1.54, 1.807) is 12.4 Å². The molecule has 0 fully saturated rings. The highest BCUT2D eigenvalue weighted by Gasteiger charge is 2.14. The first kappa shape index (κ1) is 19.5. The molecular formula is C27H16ClN5. The second-order valence-electron chi connectivity index (χ2n) is 7.58. The third kappa shape index (κ3) is 3.58. The highest BCUT2D eigenvalue weighted by atomic mass is 35.5. The van der Waals surface area contributed by atoms with Gasteiger partial charge in [-0.25, -0.2) is 4.98 Å². The minimum absolute atomic E-state index is 0.119. The molecule has 3 heterocycles. The highest BCUT2D eigenvalue weighted by Crippen LogP contribution is 2.31. The van der Waals surface area contributed by atoms with E-state index in [-0.39, 0.29) is 5.28 Å². The van der Waals surface area contributed by atoms with Crippen molar-refractivity contribution in [2.45, 2.75) is 0 Å². The number of fused-ring (bicyclic) bond motifs is 2. The number of aromatic nitrogens is 5. The van der Waals surface area contributed by atoms with Crippen LogP contribution in [0, 0.1) is 0 Å². The van der Waals surface area contributed by atoms with Gasteiger partial charge in [-0.2, -0.15) is 9.97 Å².